The third-order valence-electron chi connectivity index (χ3n) is 7.28. The van der Waals surface area contributed by atoms with Crippen LogP contribution in [0.4, 0.5) is 0 Å². The van der Waals surface area contributed by atoms with Crippen LogP contribution < -0.4 is 4.74 Å². The smallest absolute Gasteiger partial charge is 0.340 e. The fourth-order valence-electron chi connectivity index (χ4n) is 5.66. The number of esters is 1. The molecule has 190 valence electrons. The Morgan fingerprint density at radius 3 is 1.95 bits per heavy atom. The van der Waals surface area contributed by atoms with E-state index < -0.39 is 11.6 Å². The first kappa shape index (κ1) is 23.7. The first-order valence-corrected chi connectivity index (χ1v) is 12.9. The Morgan fingerprint density at radius 1 is 0.641 bits per heavy atom. The summed E-state index contributed by atoms with van der Waals surface area (Å²) in [7, 11) is 0. The molecular weight excluding hydrogens is 535 g/mol. The molecule has 7 heteroatoms. The molecule has 0 aliphatic carbocycles. The van der Waals surface area contributed by atoms with E-state index in [4.69, 9.17) is 32.7 Å². The molecule has 7 rings (SSSR count). The molecule has 1 unspecified atom stereocenters. The zero-order valence-electron chi connectivity index (χ0n) is 20.1. The van der Waals surface area contributed by atoms with Crippen LogP contribution in [-0.4, -0.2) is 16.2 Å². The number of hydrogen-bond acceptors (Lipinski definition) is 5. The fraction of sp³-hybridized carbons (Fsp3) is 0.0312. The van der Waals surface area contributed by atoms with Gasteiger partial charge in [-0.15, -0.1) is 0 Å². The van der Waals surface area contributed by atoms with Crippen LogP contribution in [0.15, 0.2) is 97.1 Å². The van der Waals surface area contributed by atoms with Gasteiger partial charge in [0, 0.05) is 22.3 Å². The average molecular weight is 553 g/mol. The Labute approximate surface area is 233 Å². The van der Waals surface area contributed by atoms with Gasteiger partial charge in [0.2, 0.25) is 0 Å². The van der Waals surface area contributed by atoms with Gasteiger partial charge in [0.25, 0.3) is 0 Å². The summed E-state index contributed by atoms with van der Waals surface area (Å²) in [5.41, 5.74) is 2.78. The molecule has 1 atom stereocenters. The predicted octanol–water partition coefficient (Wildman–Crippen LogP) is 8.31. The van der Waals surface area contributed by atoms with E-state index in [2.05, 4.69) is 0 Å². The lowest BCUT2D eigenvalue weighted by Gasteiger charge is -2.39. The van der Waals surface area contributed by atoms with Gasteiger partial charge in [-0.1, -0.05) is 102 Å². The van der Waals surface area contributed by atoms with Crippen LogP contribution in [0.3, 0.4) is 0 Å². The summed E-state index contributed by atoms with van der Waals surface area (Å²) in [4.78, 5) is 13.4. The molecule has 0 radical (unpaired) electrons. The van der Waals surface area contributed by atoms with Gasteiger partial charge in [-0.2, -0.15) is 0 Å². The van der Waals surface area contributed by atoms with Crippen LogP contribution in [0.1, 0.15) is 27.0 Å². The number of phenolic OH excluding ortho intramolecular Hbond substituents is 2. The van der Waals surface area contributed by atoms with E-state index >= 15 is 0 Å². The molecule has 5 aromatic rings. The largest absolute Gasteiger partial charge is 0.506 e. The third kappa shape index (κ3) is 3.18. The van der Waals surface area contributed by atoms with Crippen LogP contribution in [0.5, 0.6) is 23.0 Å². The molecule has 2 aliphatic heterocycles. The van der Waals surface area contributed by atoms with Crippen LogP contribution in [0.25, 0.3) is 22.3 Å². The summed E-state index contributed by atoms with van der Waals surface area (Å²) in [5.74, 6) is -0.777. The lowest BCUT2D eigenvalue weighted by atomic mass is 9.73. The molecule has 0 bridgehead atoms. The highest BCUT2D eigenvalue weighted by Gasteiger charge is 2.56. The molecule has 0 saturated carbocycles. The van der Waals surface area contributed by atoms with Crippen LogP contribution in [-0.2, 0) is 10.3 Å². The summed E-state index contributed by atoms with van der Waals surface area (Å²) < 4.78 is 12.7. The monoisotopic (exact) mass is 552 g/mol. The minimum atomic E-state index is -1.54. The van der Waals surface area contributed by atoms with Crippen molar-refractivity contribution in [2.45, 2.75) is 5.60 Å². The maximum Gasteiger partial charge on any atom is 0.340 e. The Kier molecular flexibility index (Phi) is 5.17. The molecule has 2 heterocycles. The maximum atomic E-state index is 13.4. The first-order chi connectivity index (χ1) is 18.9. The highest BCUT2D eigenvalue weighted by Crippen LogP contribution is 2.65. The molecule has 0 amide bonds. The van der Waals surface area contributed by atoms with E-state index in [1.165, 1.54) is 6.07 Å². The minimum Gasteiger partial charge on any atom is -0.506 e. The zero-order valence-corrected chi connectivity index (χ0v) is 21.6. The number of hydrogen-bond donors (Lipinski definition) is 2. The number of rotatable bonds is 2. The second-order valence-electron chi connectivity index (χ2n) is 9.34. The van der Waals surface area contributed by atoms with Crippen molar-refractivity contribution in [3.63, 3.8) is 0 Å². The number of phenols is 2. The summed E-state index contributed by atoms with van der Waals surface area (Å²) in [6.07, 6.45) is 0. The molecule has 0 fully saturated rings. The van der Waals surface area contributed by atoms with E-state index in [-0.39, 0.29) is 33.0 Å². The van der Waals surface area contributed by atoms with Crippen molar-refractivity contribution in [2.24, 2.45) is 0 Å². The summed E-state index contributed by atoms with van der Waals surface area (Å²) in [5, 5.41) is 21.9. The second kappa shape index (κ2) is 8.53. The molecule has 5 nitrogen and oxygen atoms in total. The molecule has 0 saturated heterocycles. The Bertz CT molecular complexity index is 1820. The molecule has 39 heavy (non-hydrogen) atoms. The summed E-state index contributed by atoms with van der Waals surface area (Å²) >= 11 is 13.4. The second-order valence-corrected chi connectivity index (χ2v) is 10.1. The van der Waals surface area contributed by atoms with Gasteiger partial charge in [0.05, 0.1) is 11.1 Å². The maximum absolute atomic E-state index is 13.4. The summed E-state index contributed by atoms with van der Waals surface area (Å²) in [6, 6.07) is 29.0. The van der Waals surface area contributed by atoms with Crippen molar-refractivity contribution in [1.29, 1.82) is 0 Å². The van der Waals surface area contributed by atoms with Crippen molar-refractivity contribution in [3.8, 4) is 45.3 Å². The van der Waals surface area contributed by atoms with E-state index in [0.29, 0.717) is 38.9 Å². The summed E-state index contributed by atoms with van der Waals surface area (Å²) in [6.45, 7) is 0. The van der Waals surface area contributed by atoms with E-state index in [1.54, 1.807) is 18.2 Å². The number of aromatic hydroxyl groups is 2. The molecule has 1 spiro atoms. The highest BCUT2D eigenvalue weighted by atomic mass is 35.5. The number of benzene rings is 5. The number of ether oxygens (including phenoxy) is 2. The Balaban J connectivity index is 1.73. The minimum absolute atomic E-state index is 0.0677. The van der Waals surface area contributed by atoms with E-state index in [0.717, 1.165) is 5.56 Å². The predicted molar refractivity (Wildman–Crippen MR) is 149 cm³/mol. The van der Waals surface area contributed by atoms with E-state index in [1.807, 2.05) is 72.8 Å². The standard InChI is InChI=1S/C32H18Cl2O5/c33-26-22(35)16-15-21-29(26)38-30-25(32(21)20-14-8-7-13-19(20)31(37)39-32)23(17-9-3-1-4-10-17)24(28(36)27(30)34)18-11-5-2-6-12-18/h1-16,35-36H. The lowest BCUT2D eigenvalue weighted by Crippen LogP contribution is -2.34. The zero-order chi connectivity index (χ0) is 26.9. The van der Waals surface area contributed by atoms with Crippen molar-refractivity contribution in [3.05, 3.63) is 129 Å². The van der Waals surface area contributed by atoms with Crippen LogP contribution >= 0.6 is 23.2 Å². The van der Waals surface area contributed by atoms with Gasteiger partial charge >= 0.3 is 5.97 Å². The number of fused-ring (bicyclic) bond motifs is 6. The quantitative estimate of drug-likeness (QED) is 0.215. The molecule has 5 aromatic carbocycles. The lowest BCUT2D eigenvalue weighted by molar-refractivity contribution is 0.0226. The van der Waals surface area contributed by atoms with Gasteiger partial charge in [0.15, 0.2) is 17.1 Å². The van der Waals surface area contributed by atoms with Gasteiger partial charge < -0.3 is 19.7 Å². The SMILES string of the molecule is O=C1OC2(c3ccccc31)c1ccc(O)c(Cl)c1Oc1c(Cl)c(O)c(-c3ccccc3)c(-c3ccccc3)c12. The number of halogens is 2. The first-order valence-electron chi connectivity index (χ1n) is 12.2. The normalized spacial score (nSPS) is 16.7. The number of carbonyl (C=O) groups is 1. The van der Waals surface area contributed by atoms with E-state index in [9.17, 15) is 15.0 Å². The van der Waals surface area contributed by atoms with Gasteiger partial charge in [0.1, 0.15) is 21.5 Å². The molecule has 0 aromatic heterocycles. The van der Waals surface area contributed by atoms with Crippen molar-refractivity contribution >= 4 is 29.2 Å². The van der Waals surface area contributed by atoms with Gasteiger partial charge in [-0.05, 0) is 29.3 Å². The Hall–Kier alpha value is -4.45. The van der Waals surface area contributed by atoms with Crippen LogP contribution in [0.2, 0.25) is 10.0 Å². The third-order valence-corrected chi connectivity index (χ3v) is 8.00. The van der Waals surface area contributed by atoms with Gasteiger partial charge in [-0.3, -0.25) is 0 Å². The Morgan fingerprint density at radius 2 is 1.26 bits per heavy atom. The average Bonchev–Trinajstić information content (AvgIpc) is 3.26. The molecule has 2 N–H and O–H groups in total. The molecule has 2 aliphatic rings. The topological polar surface area (TPSA) is 76.0 Å². The van der Waals surface area contributed by atoms with Crippen LogP contribution in [0, 0.1) is 0 Å². The highest BCUT2D eigenvalue weighted by molar-refractivity contribution is 6.35. The number of carbonyl (C=O) groups excluding carboxylic acids is 1. The molecular formula is C32H18Cl2O5. The van der Waals surface area contributed by atoms with Crippen molar-refractivity contribution in [2.75, 3.05) is 0 Å². The van der Waals surface area contributed by atoms with Crippen molar-refractivity contribution < 1.29 is 24.5 Å². The van der Waals surface area contributed by atoms with Gasteiger partial charge in [-0.25, -0.2) is 4.79 Å². The fourth-order valence-corrected chi connectivity index (χ4v) is 6.09. The van der Waals surface area contributed by atoms with Crippen molar-refractivity contribution in [1.82, 2.24) is 0 Å².